The Morgan fingerprint density at radius 1 is 1.06 bits per heavy atom. The molecule has 172 valence electrons. The molecule has 0 aromatic heterocycles. The molecule has 1 heterocycles. The molecule has 0 atom stereocenters. The highest BCUT2D eigenvalue weighted by Crippen LogP contribution is 2.36. The van der Waals surface area contributed by atoms with Gasteiger partial charge in [-0.2, -0.15) is 0 Å². The highest BCUT2D eigenvalue weighted by atomic mass is 35.5. The van der Waals surface area contributed by atoms with Crippen LogP contribution in [-0.2, 0) is 4.74 Å². The molecule has 1 aromatic carbocycles. The fraction of sp³-hybridized carbons (Fsp3) is 0.680. The van der Waals surface area contributed by atoms with Crippen molar-refractivity contribution >= 4 is 23.5 Å². The summed E-state index contributed by atoms with van der Waals surface area (Å²) in [7, 11) is 0. The number of benzene rings is 1. The highest BCUT2D eigenvalue weighted by molar-refractivity contribution is 6.34. The maximum atomic E-state index is 12.8. The van der Waals surface area contributed by atoms with Gasteiger partial charge < -0.3 is 15.4 Å². The van der Waals surface area contributed by atoms with Gasteiger partial charge in [0.1, 0.15) is 5.60 Å². The lowest BCUT2D eigenvalue weighted by Gasteiger charge is -2.35. The first-order valence-corrected chi connectivity index (χ1v) is 12.1. The summed E-state index contributed by atoms with van der Waals surface area (Å²) in [6.07, 6.45) is 8.17. The van der Waals surface area contributed by atoms with Crippen LogP contribution in [0, 0.1) is 17.8 Å². The van der Waals surface area contributed by atoms with E-state index in [2.05, 4.69) is 4.90 Å². The SMILES string of the molecule is CC(C)(CC1CCC(CCN2CCC(C(=O)c3ccccc3Cl)CC2)CC1)OC(N)=O. The molecule has 2 fully saturated rings. The average Bonchev–Trinajstić information content (AvgIpc) is 2.72. The number of rotatable bonds is 8. The predicted molar refractivity (Wildman–Crippen MR) is 124 cm³/mol. The fourth-order valence-electron chi connectivity index (χ4n) is 5.40. The van der Waals surface area contributed by atoms with Crippen molar-refractivity contribution in [2.75, 3.05) is 19.6 Å². The Morgan fingerprint density at radius 3 is 2.29 bits per heavy atom. The molecule has 1 amide bonds. The molecule has 1 saturated heterocycles. The second-order valence-corrected chi connectivity index (χ2v) is 10.4. The summed E-state index contributed by atoms with van der Waals surface area (Å²) in [5.41, 5.74) is 5.38. The number of likely N-dealkylation sites (tertiary alicyclic amines) is 1. The minimum absolute atomic E-state index is 0.0950. The lowest BCUT2D eigenvalue weighted by molar-refractivity contribution is 0.0192. The Hall–Kier alpha value is -1.59. The molecular formula is C25H37ClN2O3. The molecule has 1 aromatic rings. The van der Waals surface area contributed by atoms with Crippen LogP contribution in [0.1, 0.15) is 75.6 Å². The number of halogens is 1. The van der Waals surface area contributed by atoms with Crippen molar-refractivity contribution in [3.63, 3.8) is 0 Å². The van der Waals surface area contributed by atoms with E-state index in [1.165, 1.54) is 32.1 Å². The lowest BCUT2D eigenvalue weighted by Crippen LogP contribution is -2.38. The summed E-state index contributed by atoms with van der Waals surface area (Å²) in [5, 5.41) is 0.565. The largest absolute Gasteiger partial charge is 0.444 e. The van der Waals surface area contributed by atoms with E-state index in [0.29, 0.717) is 16.5 Å². The van der Waals surface area contributed by atoms with E-state index in [9.17, 15) is 9.59 Å². The van der Waals surface area contributed by atoms with Gasteiger partial charge in [0.15, 0.2) is 5.78 Å². The molecule has 2 N–H and O–H groups in total. The van der Waals surface area contributed by atoms with Gasteiger partial charge in [-0.1, -0.05) is 49.4 Å². The van der Waals surface area contributed by atoms with Crippen LogP contribution in [-0.4, -0.2) is 42.0 Å². The van der Waals surface area contributed by atoms with Crippen molar-refractivity contribution < 1.29 is 14.3 Å². The van der Waals surface area contributed by atoms with Crippen molar-refractivity contribution in [3.05, 3.63) is 34.9 Å². The summed E-state index contributed by atoms with van der Waals surface area (Å²) >= 11 is 6.21. The van der Waals surface area contributed by atoms with Crippen LogP contribution >= 0.6 is 11.6 Å². The number of hydrogen-bond donors (Lipinski definition) is 1. The molecule has 1 aliphatic heterocycles. The van der Waals surface area contributed by atoms with E-state index in [1.807, 2.05) is 32.0 Å². The Kier molecular flexibility index (Phi) is 8.40. The average molecular weight is 449 g/mol. The van der Waals surface area contributed by atoms with Crippen LogP contribution in [0.5, 0.6) is 0 Å². The number of Topliss-reactive ketones (excluding diaryl/α,β-unsaturated/α-hetero) is 1. The van der Waals surface area contributed by atoms with E-state index in [1.54, 1.807) is 6.07 Å². The zero-order chi connectivity index (χ0) is 22.4. The summed E-state index contributed by atoms with van der Waals surface area (Å²) < 4.78 is 5.26. The minimum Gasteiger partial charge on any atom is -0.444 e. The number of amides is 1. The molecule has 1 aliphatic carbocycles. The Bertz CT molecular complexity index is 751. The van der Waals surface area contributed by atoms with Crippen LogP contribution in [0.4, 0.5) is 4.79 Å². The first-order valence-electron chi connectivity index (χ1n) is 11.7. The van der Waals surface area contributed by atoms with Crippen LogP contribution in [0.2, 0.25) is 5.02 Å². The van der Waals surface area contributed by atoms with E-state index in [4.69, 9.17) is 22.1 Å². The van der Waals surface area contributed by atoms with Crippen molar-refractivity contribution in [1.29, 1.82) is 0 Å². The van der Waals surface area contributed by atoms with Crippen molar-refractivity contribution in [2.45, 2.75) is 70.8 Å². The molecule has 2 aliphatic rings. The molecule has 6 heteroatoms. The zero-order valence-electron chi connectivity index (χ0n) is 18.9. The molecule has 31 heavy (non-hydrogen) atoms. The maximum absolute atomic E-state index is 12.8. The van der Waals surface area contributed by atoms with E-state index in [0.717, 1.165) is 44.8 Å². The normalized spacial score (nSPS) is 23.5. The number of primary amides is 1. The van der Waals surface area contributed by atoms with E-state index < -0.39 is 11.7 Å². The number of carbonyl (C=O) groups is 2. The number of piperidine rings is 1. The summed E-state index contributed by atoms with van der Waals surface area (Å²) in [6.45, 7) is 7.01. The fourth-order valence-corrected chi connectivity index (χ4v) is 5.63. The summed E-state index contributed by atoms with van der Waals surface area (Å²) in [6, 6.07) is 7.39. The number of ketones is 1. The second-order valence-electron chi connectivity index (χ2n) is 10.0. The van der Waals surface area contributed by atoms with E-state index in [-0.39, 0.29) is 11.7 Å². The first-order chi connectivity index (χ1) is 14.7. The van der Waals surface area contributed by atoms with Crippen molar-refractivity contribution in [2.24, 2.45) is 23.5 Å². The van der Waals surface area contributed by atoms with Gasteiger partial charge in [0, 0.05) is 11.5 Å². The first kappa shape index (κ1) is 24.1. The highest BCUT2D eigenvalue weighted by Gasteiger charge is 2.31. The molecule has 0 radical (unpaired) electrons. The quantitative estimate of drug-likeness (QED) is 0.518. The van der Waals surface area contributed by atoms with Crippen molar-refractivity contribution in [1.82, 2.24) is 4.90 Å². The smallest absolute Gasteiger partial charge is 0.405 e. The third-order valence-electron chi connectivity index (χ3n) is 7.07. The number of ether oxygens (including phenoxy) is 1. The third-order valence-corrected chi connectivity index (χ3v) is 7.40. The van der Waals surface area contributed by atoms with Crippen LogP contribution < -0.4 is 5.73 Å². The Balaban J connectivity index is 1.35. The van der Waals surface area contributed by atoms with Crippen LogP contribution in [0.15, 0.2) is 24.3 Å². The maximum Gasteiger partial charge on any atom is 0.405 e. The summed E-state index contributed by atoms with van der Waals surface area (Å²) in [5.74, 6) is 1.68. The van der Waals surface area contributed by atoms with Gasteiger partial charge >= 0.3 is 6.09 Å². The van der Waals surface area contributed by atoms with Gasteiger partial charge in [-0.25, -0.2) is 4.79 Å². The molecular weight excluding hydrogens is 412 g/mol. The van der Waals surface area contributed by atoms with Gasteiger partial charge in [0.25, 0.3) is 0 Å². The van der Waals surface area contributed by atoms with Gasteiger partial charge in [-0.3, -0.25) is 4.79 Å². The zero-order valence-corrected chi connectivity index (χ0v) is 19.7. The standard InChI is InChI=1S/C25H37ClN2O3/c1-25(2,31-24(27)30)17-19-9-7-18(8-10-19)11-14-28-15-12-20(13-16-28)23(29)21-5-3-4-6-22(21)26/h3-6,18-20H,7-17H2,1-2H3,(H2,27,30). The lowest BCUT2D eigenvalue weighted by atomic mass is 9.76. The monoisotopic (exact) mass is 448 g/mol. The molecule has 1 saturated carbocycles. The minimum atomic E-state index is -0.684. The molecule has 0 spiro atoms. The van der Waals surface area contributed by atoms with Crippen LogP contribution in [0.3, 0.4) is 0 Å². The summed E-state index contributed by atoms with van der Waals surface area (Å²) in [4.78, 5) is 26.4. The predicted octanol–water partition coefficient (Wildman–Crippen LogP) is 5.70. The number of nitrogens with two attached hydrogens (primary N) is 1. The molecule has 5 nitrogen and oxygen atoms in total. The second kappa shape index (κ2) is 10.8. The van der Waals surface area contributed by atoms with Gasteiger partial charge in [0.05, 0.1) is 5.02 Å². The third kappa shape index (κ3) is 7.21. The molecule has 0 unspecified atom stereocenters. The van der Waals surface area contributed by atoms with Gasteiger partial charge in [-0.15, -0.1) is 0 Å². The van der Waals surface area contributed by atoms with Gasteiger partial charge in [0.2, 0.25) is 0 Å². The number of hydrogen-bond acceptors (Lipinski definition) is 4. The van der Waals surface area contributed by atoms with E-state index >= 15 is 0 Å². The Labute approximate surface area is 191 Å². The van der Waals surface area contributed by atoms with Crippen molar-refractivity contribution in [3.8, 4) is 0 Å². The number of nitrogens with zero attached hydrogens (tertiary/aromatic N) is 1. The van der Waals surface area contributed by atoms with Crippen LogP contribution in [0.25, 0.3) is 0 Å². The topological polar surface area (TPSA) is 72.6 Å². The van der Waals surface area contributed by atoms with Gasteiger partial charge in [-0.05, 0) is 83.1 Å². The number of carbonyl (C=O) groups excluding carboxylic acids is 2. The Morgan fingerprint density at radius 2 is 1.68 bits per heavy atom. The molecule has 0 bridgehead atoms. The molecule has 3 rings (SSSR count).